The van der Waals surface area contributed by atoms with Crippen molar-refractivity contribution in [3.05, 3.63) is 16.1 Å². The predicted octanol–water partition coefficient (Wildman–Crippen LogP) is 1.76. The summed E-state index contributed by atoms with van der Waals surface area (Å²) in [4.78, 5) is 28.0. The zero-order valence-corrected chi connectivity index (χ0v) is 12.9. The molecule has 1 heterocycles. The summed E-state index contributed by atoms with van der Waals surface area (Å²) in [5.41, 5.74) is 4.57. The maximum atomic E-state index is 12.2. The van der Waals surface area contributed by atoms with Crippen LogP contribution in [-0.4, -0.2) is 27.5 Å². The van der Waals surface area contributed by atoms with Crippen LogP contribution in [0.15, 0.2) is 5.38 Å². The van der Waals surface area contributed by atoms with Gasteiger partial charge in [0.1, 0.15) is 16.2 Å². The van der Waals surface area contributed by atoms with Crippen LogP contribution >= 0.6 is 11.3 Å². The van der Waals surface area contributed by atoms with Crippen LogP contribution in [0.5, 0.6) is 0 Å². The Morgan fingerprint density at radius 1 is 1.52 bits per heavy atom. The fraction of sp³-hybridized carbons (Fsp3) is 0.643. The van der Waals surface area contributed by atoms with Gasteiger partial charge in [-0.25, -0.2) is 9.78 Å². The van der Waals surface area contributed by atoms with Crippen LogP contribution in [0.4, 0.5) is 0 Å². The zero-order valence-electron chi connectivity index (χ0n) is 12.1. The molecule has 0 bridgehead atoms. The fourth-order valence-electron chi connectivity index (χ4n) is 2.76. The molecule has 0 unspecified atom stereocenters. The minimum atomic E-state index is -1.16. The lowest BCUT2D eigenvalue weighted by molar-refractivity contribution is -0.146. The summed E-state index contributed by atoms with van der Waals surface area (Å²) in [5.74, 6) is -0.833. The minimum absolute atomic E-state index is 0.249. The number of thiazole rings is 1. The molecule has 7 heteroatoms. The first-order valence-corrected chi connectivity index (χ1v) is 8.09. The molecule has 1 aromatic rings. The van der Waals surface area contributed by atoms with Gasteiger partial charge < -0.3 is 16.2 Å². The number of hydrogen-bond acceptors (Lipinski definition) is 5. The maximum absolute atomic E-state index is 12.2. The van der Waals surface area contributed by atoms with Gasteiger partial charge in [0.25, 0.3) is 5.91 Å². The van der Waals surface area contributed by atoms with E-state index >= 15 is 0 Å². The Labute approximate surface area is 127 Å². The summed E-state index contributed by atoms with van der Waals surface area (Å²) in [6, 6.07) is 0. The molecule has 1 aliphatic rings. The molecule has 1 aromatic heterocycles. The number of aromatic nitrogens is 1. The Morgan fingerprint density at radius 3 is 2.67 bits per heavy atom. The van der Waals surface area contributed by atoms with Gasteiger partial charge in [0, 0.05) is 11.9 Å². The number of hydrogen-bond donors (Lipinski definition) is 3. The lowest BCUT2D eigenvalue weighted by Crippen LogP contribution is -2.56. The molecule has 2 rings (SSSR count). The number of rotatable bonds is 5. The van der Waals surface area contributed by atoms with Gasteiger partial charge in [-0.2, -0.15) is 0 Å². The third-order valence-electron chi connectivity index (χ3n) is 4.26. The Balaban J connectivity index is 2.09. The minimum Gasteiger partial charge on any atom is -0.480 e. The molecule has 0 aliphatic heterocycles. The average Bonchev–Trinajstić information content (AvgIpc) is 2.97. The van der Waals surface area contributed by atoms with E-state index in [0.717, 1.165) is 19.3 Å². The topological polar surface area (TPSA) is 105 Å². The fourth-order valence-corrected chi connectivity index (χ4v) is 3.42. The van der Waals surface area contributed by atoms with Crippen LogP contribution in [0.1, 0.15) is 54.5 Å². The highest BCUT2D eigenvalue weighted by atomic mass is 32.1. The first-order chi connectivity index (χ1) is 10.0. The van der Waals surface area contributed by atoms with Gasteiger partial charge in [-0.05, 0) is 31.6 Å². The molecule has 0 radical (unpaired) electrons. The number of carboxylic acid groups (broad SMARTS) is 1. The predicted molar refractivity (Wildman–Crippen MR) is 80.1 cm³/mol. The van der Waals surface area contributed by atoms with E-state index in [4.69, 9.17) is 5.73 Å². The Bertz CT molecular complexity index is 521. The summed E-state index contributed by atoms with van der Waals surface area (Å²) in [7, 11) is 0. The molecule has 1 amide bonds. The standard InChI is InChI=1S/C14H21N3O3S/c1-2-9-3-5-14(6-4-9,13(19)20)17-12(18)10-8-21-11(7-15)16-10/h8-9H,2-7,15H2,1H3,(H,17,18)(H,19,20). The molecule has 0 saturated heterocycles. The quantitative estimate of drug-likeness (QED) is 0.768. The zero-order chi connectivity index (χ0) is 15.5. The van der Waals surface area contributed by atoms with Crippen molar-refractivity contribution in [1.82, 2.24) is 10.3 Å². The van der Waals surface area contributed by atoms with Crippen LogP contribution < -0.4 is 11.1 Å². The van der Waals surface area contributed by atoms with Crippen molar-refractivity contribution in [2.45, 2.75) is 51.1 Å². The first kappa shape index (κ1) is 15.9. The van der Waals surface area contributed by atoms with Crippen molar-refractivity contribution in [3.63, 3.8) is 0 Å². The number of aliphatic carboxylic acids is 1. The van der Waals surface area contributed by atoms with E-state index in [1.165, 1.54) is 11.3 Å². The summed E-state index contributed by atoms with van der Waals surface area (Å²) >= 11 is 1.31. The highest BCUT2D eigenvalue weighted by molar-refractivity contribution is 7.09. The van der Waals surface area contributed by atoms with Crippen molar-refractivity contribution < 1.29 is 14.7 Å². The van der Waals surface area contributed by atoms with E-state index in [2.05, 4.69) is 17.2 Å². The number of carboxylic acids is 1. The highest BCUT2D eigenvalue weighted by Gasteiger charge is 2.43. The number of carbonyl (C=O) groups is 2. The second-order valence-corrected chi connectivity index (χ2v) is 6.47. The molecule has 1 fully saturated rings. The maximum Gasteiger partial charge on any atom is 0.329 e. The molecule has 0 spiro atoms. The van der Waals surface area contributed by atoms with Gasteiger partial charge in [0.05, 0.1) is 0 Å². The lowest BCUT2D eigenvalue weighted by atomic mass is 9.75. The Kier molecular flexibility index (Phi) is 4.95. The molecule has 1 aliphatic carbocycles. The van der Waals surface area contributed by atoms with E-state index in [9.17, 15) is 14.7 Å². The summed E-state index contributed by atoms with van der Waals surface area (Å²) in [6.45, 7) is 2.39. The molecule has 4 N–H and O–H groups in total. The van der Waals surface area contributed by atoms with Crippen LogP contribution in [0.3, 0.4) is 0 Å². The highest BCUT2D eigenvalue weighted by Crippen LogP contribution is 2.34. The van der Waals surface area contributed by atoms with E-state index < -0.39 is 17.4 Å². The molecule has 1 saturated carbocycles. The second kappa shape index (κ2) is 6.53. The summed E-state index contributed by atoms with van der Waals surface area (Å²) in [6.07, 6.45) is 3.65. The number of nitrogens with zero attached hydrogens (tertiary/aromatic N) is 1. The first-order valence-electron chi connectivity index (χ1n) is 7.21. The number of nitrogens with two attached hydrogens (primary N) is 1. The van der Waals surface area contributed by atoms with Crippen molar-refractivity contribution in [2.75, 3.05) is 0 Å². The van der Waals surface area contributed by atoms with Crippen molar-refractivity contribution in [3.8, 4) is 0 Å². The van der Waals surface area contributed by atoms with E-state index in [-0.39, 0.29) is 12.2 Å². The summed E-state index contributed by atoms with van der Waals surface area (Å²) < 4.78 is 0. The van der Waals surface area contributed by atoms with Crippen molar-refractivity contribution >= 4 is 23.2 Å². The van der Waals surface area contributed by atoms with Gasteiger partial charge in [0.2, 0.25) is 0 Å². The van der Waals surface area contributed by atoms with Gasteiger partial charge in [-0.1, -0.05) is 13.3 Å². The molecular formula is C14H21N3O3S. The Morgan fingerprint density at radius 2 is 2.19 bits per heavy atom. The SMILES string of the molecule is CCC1CCC(NC(=O)c2csc(CN)n2)(C(=O)O)CC1. The van der Waals surface area contributed by atoms with Crippen LogP contribution in [0.25, 0.3) is 0 Å². The molecule has 116 valence electrons. The second-order valence-electron chi connectivity index (χ2n) is 5.52. The normalized spacial score (nSPS) is 25.5. The van der Waals surface area contributed by atoms with E-state index in [1.807, 2.05) is 0 Å². The van der Waals surface area contributed by atoms with Crippen LogP contribution in [-0.2, 0) is 11.3 Å². The Hall–Kier alpha value is -1.47. The molecule has 0 atom stereocenters. The molecule has 0 aromatic carbocycles. The van der Waals surface area contributed by atoms with Gasteiger partial charge >= 0.3 is 5.97 Å². The van der Waals surface area contributed by atoms with Gasteiger partial charge in [0.15, 0.2) is 0 Å². The van der Waals surface area contributed by atoms with Crippen molar-refractivity contribution in [1.29, 1.82) is 0 Å². The van der Waals surface area contributed by atoms with Crippen LogP contribution in [0, 0.1) is 5.92 Å². The number of nitrogens with one attached hydrogen (secondary N) is 1. The van der Waals surface area contributed by atoms with Crippen molar-refractivity contribution in [2.24, 2.45) is 11.7 Å². The van der Waals surface area contributed by atoms with E-state index in [0.29, 0.717) is 23.8 Å². The molecule has 21 heavy (non-hydrogen) atoms. The summed E-state index contributed by atoms with van der Waals surface area (Å²) in [5, 5.41) is 14.5. The van der Waals surface area contributed by atoms with Gasteiger partial charge in [-0.15, -0.1) is 11.3 Å². The number of amides is 1. The van der Waals surface area contributed by atoms with E-state index in [1.54, 1.807) is 5.38 Å². The van der Waals surface area contributed by atoms with Crippen LogP contribution in [0.2, 0.25) is 0 Å². The van der Waals surface area contributed by atoms with Gasteiger partial charge in [-0.3, -0.25) is 4.79 Å². The third kappa shape index (κ3) is 3.41. The smallest absolute Gasteiger partial charge is 0.329 e. The monoisotopic (exact) mass is 311 g/mol. The third-order valence-corrected chi connectivity index (χ3v) is 5.13. The average molecular weight is 311 g/mol. The number of carbonyl (C=O) groups excluding carboxylic acids is 1. The molecular weight excluding hydrogens is 290 g/mol. The molecule has 6 nitrogen and oxygen atoms in total. The largest absolute Gasteiger partial charge is 0.480 e. The lowest BCUT2D eigenvalue weighted by Gasteiger charge is -2.37.